The summed E-state index contributed by atoms with van der Waals surface area (Å²) in [5.74, 6) is 0.741. The molecule has 1 unspecified atom stereocenters. The fraction of sp³-hybridized carbons (Fsp3) is 0.292. The lowest BCUT2D eigenvalue weighted by Crippen LogP contribution is -2.39. The van der Waals surface area contributed by atoms with Gasteiger partial charge in [-0.1, -0.05) is 31.9 Å². The molecule has 1 aromatic heterocycles. The van der Waals surface area contributed by atoms with E-state index in [4.69, 9.17) is 35.9 Å². The predicted octanol–water partition coefficient (Wildman–Crippen LogP) is 4.95. The minimum atomic E-state index is -2.68. The largest absolute Gasteiger partial charge is 0.460 e. The number of hydrogen-bond acceptors (Lipinski definition) is 7. The number of aryl methyl sites for hydroxylation is 1. The Morgan fingerprint density at radius 2 is 1.72 bits per heavy atom. The highest BCUT2D eigenvalue weighted by atomic mass is 79.9. The Balaban J connectivity index is 1.45. The van der Waals surface area contributed by atoms with Crippen molar-refractivity contribution >= 4 is 73.1 Å². The number of rotatable bonds is 6. The number of halogens is 2. The number of esters is 1. The van der Waals surface area contributed by atoms with Crippen LogP contribution in [0.4, 0.5) is 5.82 Å². The molecule has 0 N–H and O–H groups in total. The number of ether oxygens (including phenoxy) is 2. The normalized spacial score (nSPS) is 19.8. The third-order valence-electron chi connectivity index (χ3n) is 5.84. The van der Waals surface area contributed by atoms with E-state index < -0.39 is 6.42 Å². The van der Waals surface area contributed by atoms with Gasteiger partial charge >= 0.3 is 5.97 Å². The van der Waals surface area contributed by atoms with E-state index in [0.29, 0.717) is 50.1 Å². The van der Waals surface area contributed by atoms with E-state index in [0.717, 1.165) is 25.5 Å². The molecule has 0 radical (unpaired) electrons. The van der Waals surface area contributed by atoms with Crippen LogP contribution in [0.5, 0.6) is 0 Å². The first-order valence-electron chi connectivity index (χ1n) is 11.3. The summed E-state index contributed by atoms with van der Waals surface area (Å²) in [7, 11) is 0. The number of fused-ring (bicyclic) bond motifs is 1. The molecule has 2 aliphatic heterocycles. The van der Waals surface area contributed by atoms with Gasteiger partial charge in [-0.15, -0.1) is 0 Å². The predicted molar refractivity (Wildman–Crippen MR) is 149 cm³/mol. The van der Waals surface area contributed by atoms with E-state index in [1.165, 1.54) is 0 Å². The third kappa shape index (κ3) is 5.23. The van der Waals surface area contributed by atoms with Gasteiger partial charge in [0.1, 0.15) is 11.9 Å². The Hall–Kier alpha value is -1.88. The molecular weight excluding hydrogens is 631 g/mol. The first-order chi connectivity index (χ1) is 17.3. The fourth-order valence-corrected chi connectivity index (χ4v) is 8.36. The second-order valence-corrected chi connectivity index (χ2v) is 13.8. The van der Waals surface area contributed by atoms with Crippen molar-refractivity contribution in [1.29, 1.82) is 0 Å². The van der Waals surface area contributed by atoms with E-state index in [9.17, 15) is 4.79 Å². The second kappa shape index (κ2) is 10.8. The van der Waals surface area contributed by atoms with Crippen LogP contribution in [0.2, 0.25) is 0 Å². The van der Waals surface area contributed by atoms with Gasteiger partial charge in [0.25, 0.3) is 0 Å². The lowest BCUT2D eigenvalue weighted by molar-refractivity contribution is 0.0488. The van der Waals surface area contributed by atoms with Gasteiger partial charge in [0, 0.05) is 27.6 Å². The van der Waals surface area contributed by atoms with Crippen molar-refractivity contribution < 1.29 is 18.8 Å². The maximum atomic E-state index is 12.5. The van der Waals surface area contributed by atoms with Crippen molar-refractivity contribution in [2.75, 3.05) is 32.9 Å². The van der Waals surface area contributed by atoms with E-state index >= 15 is 0 Å². The molecule has 0 amide bonds. The summed E-state index contributed by atoms with van der Waals surface area (Å²) in [5, 5.41) is 5.58. The highest BCUT2D eigenvalue weighted by Crippen LogP contribution is 2.56. The molecule has 0 saturated carbocycles. The molecule has 5 rings (SSSR count). The molecule has 1 atom stereocenters. The number of hydrogen-bond donors (Lipinski definition) is 0. The molecule has 2 aromatic carbocycles. The maximum absolute atomic E-state index is 12.5. The van der Waals surface area contributed by atoms with Crippen molar-refractivity contribution in [3.8, 4) is 0 Å². The standard InChI is InChI=1S/C24H23Br2N4O4PS/c1-16-21-22(30(28-16)12-15-33-24(31)18-4-8-20(26)9-5-18)27-23(17-2-6-19(25)7-3-17)34-35(21,36)29-10-13-32-14-11-29/h2-9H,10-15H2,1H3. The highest BCUT2D eigenvalue weighted by molar-refractivity contribution is 9.10. The van der Waals surface area contributed by atoms with Gasteiger partial charge in [-0.25, -0.2) is 14.1 Å². The number of carbonyl (C=O) groups excluding carboxylic acids is 1. The van der Waals surface area contributed by atoms with Crippen LogP contribution in [-0.4, -0.2) is 59.2 Å². The summed E-state index contributed by atoms with van der Waals surface area (Å²) < 4.78 is 23.5. The number of carbonyl (C=O) groups is 1. The van der Waals surface area contributed by atoms with Gasteiger partial charge in [0.05, 0.1) is 31.0 Å². The van der Waals surface area contributed by atoms with Gasteiger partial charge in [-0.2, -0.15) is 10.1 Å². The van der Waals surface area contributed by atoms with Crippen molar-refractivity contribution in [2.24, 2.45) is 4.99 Å². The van der Waals surface area contributed by atoms with Crippen LogP contribution in [-0.2, 0) is 32.3 Å². The van der Waals surface area contributed by atoms with Gasteiger partial charge in [-0.3, -0.25) is 0 Å². The minimum absolute atomic E-state index is 0.146. The SMILES string of the molecule is Cc1nn(CCOC(=O)c2ccc(Br)cc2)c2c1P(=S)(N1CCOCC1)OC(c1ccc(Br)cc1)=N2. The summed E-state index contributed by atoms with van der Waals surface area (Å²) >= 11 is 13.1. The Morgan fingerprint density at radius 3 is 2.39 bits per heavy atom. The quantitative estimate of drug-likeness (QED) is 0.275. The zero-order valence-electron chi connectivity index (χ0n) is 19.4. The number of benzene rings is 2. The summed E-state index contributed by atoms with van der Waals surface area (Å²) in [6.45, 7) is 4.97. The molecule has 8 nitrogen and oxygen atoms in total. The average Bonchev–Trinajstić information content (AvgIpc) is 3.21. The third-order valence-corrected chi connectivity index (χ3v) is 11.0. The van der Waals surface area contributed by atoms with E-state index in [-0.39, 0.29) is 12.6 Å². The molecule has 2 aliphatic rings. The van der Waals surface area contributed by atoms with Crippen LogP contribution in [0.1, 0.15) is 21.6 Å². The zero-order chi connectivity index (χ0) is 25.3. The Labute approximate surface area is 231 Å². The highest BCUT2D eigenvalue weighted by Gasteiger charge is 2.42. The molecule has 3 heterocycles. The molecule has 1 fully saturated rings. The zero-order valence-corrected chi connectivity index (χ0v) is 24.3. The molecule has 12 heteroatoms. The summed E-state index contributed by atoms with van der Waals surface area (Å²) in [6.07, 6.45) is -2.68. The van der Waals surface area contributed by atoms with Gasteiger partial charge in [-0.05, 0) is 67.3 Å². The van der Waals surface area contributed by atoms with Crippen LogP contribution < -0.4 is 5.30 Å². The lowest BCUT2D eigenvalue weighted by Gasteiger charge is -2.38. The van der Waals surface area contributed by atoms with E-state index in [1.807, 2.05) is 31.2 Å². The number of aliphatic imine (C=N–C) groups is 1. The number of morpholine rings is 1. The van der Waals surface area contributed by atoms with Gasteiger partial charge in [0.15, 0.2) is 5.82 Å². The van der Waals surface area contributed by atoms with Crippen molar-refractivity contribution in [1.82, 2.24) is 14.5 Å². The van der Waals surface area contributed by atoms with E-state index in [2.05, 4.69) is 36.5 Å². The fourth-order valence-electron chi connectivity index (χ4n) is 4.06. The Bertz CT molecular complexity index is 1360. The van der Waals surface area contributed by atoms with Gasteiger partial charge in [0.2, 0.25) is 12.3 Å². The molecule has 0 spiro atoms. The van der Waals surface area contributed by atoms with Crippen LogP contribution in [0, 0.1) is 6.92 Å². The molecule has 0 aliphatic carbocycles. The molecule has 188 valence electrons. The van der Waals surface area contributed by atoms with Crippen LogP contribution in [0.3, 0.4) is 0 Å². The molecule has 36 heavy (non-hydrogen) atoms. The number of aromatic nitrogens is 2. The Morgan fingerprint density at radius 1 is 1.08 bits per heavy atom. The van der Waals surface area contributed by atoms with Crippen LogP contribution in [0.25, 0.3) is 0 Å². The molecule has 3 aromatic rings. The average molecular weight is 654 g/mol. The topological polar surface area (TPSA) is 78.2 Å². The minimum Gasteiger partial charge on any atom is -0.460 e. The first kappa shape index (κ1) is 25.8. The second-order valence-electron chi connectivity index (χ2n) is 8.23. The van der Waals surface area contributed by atoms with Crippen molar-refractivity contribution in [3.63, 3.8) is 0 Å². The lowest BCUT2D eigenvalue weighted by atomic mass is 10.2. The van der Waals surface area contributed by atoms with Crippen molar-refractivity contribution in [3.05, 3.63) is 74.3 Å². The summed E-state index contributed by atoms with van der Waals surface area (Å²) in [6, 6.07) is 14.8. The maximum Gasteiger partial charge on any atom is 0.338 e. The monoisotopic (exact) mass is 652 g/mol. The van der Waals surface area contributed by atoms with Crippen LogP contribution >= 0.6 is 38.3 Å². The summed E-state index contributed by atoms with van der Waals surface area (Å²) in [5.41, 5.74) is 2.10. The molecular formula is C24H23Br2N4O4PS. The van der Waals surface area contributed by atoms with Crippen LogP contribution in [0.15, 0.2) is 62.5 Å². The first-order valence-corrected chi connectivity index (χ1v) is 15.6. The Kier molecular flexibility index (Phi) is 7.76. The smallest absolute Gasteiger partial charge is 0.338 e. The van der Waals surface area contributed by atoms with Gasteiger partial charge < -0.3 is 14.0 Å². The number of nitrogens with zero attached hydrogens (tertiary/aromatic N) is 4. The molecule has 0 bridgehead atoms. The molecule has 1 saturated heterocycles. The summed E-state index contributed by atoms with van der Waals surface area (Å²) in [4.78, 5) is 17.3. The van der Waals surface area contributed by atoms with E-state index in [1.54, 1.807) is 28.9 Å². The van der Waals surface area contributed by atoms with Crippen molar-refractivity contribution in [2.45, 2.75) is 13.5 Å².